The first kappa shape index (κ1) is 21.2. The Balaban J connectivity index is 1.27. The molecule has 4 aromatic rings. The van der Waals surface area contributed by atoms with Crippen LogP contribution in [0.4, 0.5) is 10.8 Å². The van der Waals surface area contributed by atoms with Crippen LogP contribution in [-0.2, 0) is 6.42 Å². The van der Waals surface area contributed by atoms with Gasteiger partial charge >= 0.3 is 0 Å². The zero-order chi connectivity index (χ0) is 22.2. The lowest BCUT2D eigenvalue weighted by Crippen LogP contribution is -2.01. The molecule has 1 aromatic heterocycles. The topological polar surface area (TPSA) is 89.7 Å². The van der Waals surface area contributed by atoms with Crippen molar-refractivity contribution in [1.29, 1.82) is 0 Å². The van der Waals surface area contributed by atoms with Gasteiger partial charge in [-0.3, -0.25) is 15.5 Å². The lowest BCUT2D eigenvalue weighted by atomic mass is 10.1. The minimum atomic E-state index is -0.421. The standard InChI is InChI=1S/C24H20N4O3S/c29-28(30)21-10-8-20(9-11-21)23-17-32-24(26-23)27-25-16-19-6-12-22(13-7-19)31-15-14-18-4-2-1-3-5-18/h1-13,16-17H,14-15H2,(H,26,27)/b25-16+. The average molecular weight is 445 g/mol. The summed E-state index contributed by atoms with van der Waals surface area (Å²) in [5.74, 6) is 0.818. The molecule has 0 unspecified atom stereocenters. The number of nitrogens with zero attached hydrogens (tertiary/aromatic N) is 3. The monoisotopic (exact) mass is 444 g/mol. The van der Waals surface area contributed by atoms with Crippen LogP contribution in [0, 0.1) is 10.1 Å². The highest BCUT2D eigenvalue weighted by Crippen LogP contribution is 2.26. The van der Waals surface area contributed by atoms with Gasteiger partial charge < -0.3 is 4.74 Å². The molecule has 0 saturated heterocycles. The summed E-state index contributed by atoms with van der Waals surface area (Å²) in [5.41, 5.74) is 6.70. The molecule has 0 amide bonds. The lowest BCUT2D eigenvalue weighted by Gasteiger charge is -2.06. The van der Waals surface area contributed by atoms with Crippen LogP contribution in [-0.4, -0.2) is 22.7 Å². The van der Waals surface area contributed by atoms with E-state index in [1.165, 1.54) is 29.0 Å². The first-order valence-electron chi connectivity index (χ1n) is 9.93. The van der Waals surface area contributed by atoms with E-state index < -0.39 is 4.92 Å². The molecule has 1 N–H and O–H groups in total. The summed E-state index contributed by atoms with van der Waals surface area (Å²) >= 11 is 1.41. The van der Waals surface area contributed by atoms with Crippen molar-refractivity contribution in [3.05, 3.63) is 105 Å². The highest BCUT2D eigenvalue weighted by Gasteiger charge is 2.08. The predicted octanol–water partition coefficient (Wildman–Crippen LogP) is 5.79. The Kier molecular flexibility index (Phi) is 6.84. The van der Waals surface area contributed by atoms with E-state index >= 15 is 0 Å². The molecule has 4 rings (SSSR count). The van der Waals surface area contributed by atoms with Crippen LogP contribution in [0.25, 0.3) is 11.3 Å². The van der Waals surface area contributed by atoms with Gasteiger partial charge in [0.15, 0.2) is 0 Å². The fourth-order valence-electron chi connectivity index (χ4n) is 2.96. The maximum absolute atomic E-state index is 10.8. The first-order valence-corrected chi connectivity index (χ1v) is 10.8. The van der Waals surface area contributed by atoms with E-state index in [-0.39, 0.29) is 5.69 Å². The summed E-state index contributed by atoms with van der Waals surface area (Å²) in [5, 5.41) is 17.5. The van der Waals surface area contributed by atoms with Crippen LogP contribution in [0.3, 0.4) is 0 Å². The molecule has 8 heteroatoms. The van der Waals surface area contributed by atoms with Crippen LogP contribution in [0.15, 0.2) is 89.3 Å². The number of hydrogen-bond donors (Lipinski definition) is 1. The van der Waals surface area contributed by atoms with Crippen LogP contribution in [0.2, 0.25) is 0 Å². The molecule has 0 atom stereocenters. The molecule has 3 aromatic carbocycles. The van der Waals surface area contributed by atoms with Crippen molar-refractivity contribution >= 4 is 28.4 Å². The molecule has 0 aliphatic carbocycles. The Bertz CT molecular complexity index is 1190. The fraction of sp³-hybridized carbons (Fsp3) is 0.0833. The first-order chi connectivity index (χ1) is 15.7. The number of thiazole rings is 1. The highest BCUT2D eigenvalue weighted by atomic mass is 32.1. The SMILES string of the molecule is O=[N+]([O-])c1ccc(-c2csc(N/N=C/c3ccc(OCCc4ccccc4)cc3)n2)cc1. The van der Waals surface area contributed by atoms with E-state index in [0.717, 1.165) is 29.0 Å². The minimum absolute atomic E-state index is 0.0551. The normalized spacial score (nSPS) is 10.9. The summed E-state index contributed by atoms with van der Waals surface area (Å²) < 4.78 is 5.80. The van der Waals surface area contributed by atoms with Gasteiger partial charge in [0.2, 0.25) is 5.13 Å². The van der Waals surface area contributed by atoms with Crippen LogP contribution >= 0.6 is 11.3 Å². The Morgan fingerprint density at radius 2 is 1.78 bits per heavy atom. The minimum Gasteiger partial charge on any atom is -0.493 e. The molecular weight excluding hydrogens is 424 g/mol. The van der Waals surface area contributed by atoms with Gasteiger partial charge in [-0.15, -0.1) is 11.3 Å². The zero-order valence-electron chi connectivity index (χ0n) is 17.0. The van der Waals surface area contributed by atoms with Crippen molar-refractivity contribution in [3.8, 4) is 17.0 Å². The van der Waals surface area contributed by atoms with Crippen molar-refractivity contribution in [3.63, 3.8) is 0 Å². The summed E-state index contributed by atoms with van der Waals surface area (Å²) in [7, 11) is 0. The maximum Gasteiger partial charge on any atom is 0.269 e. The summed E-state index contributed by atoms with van der Waals surface area (Å²) in [6.07, 6.45) is 2.57. The quantitative estimate of drug-likeness (QED) is 0.201. The van der Waals surface area contributed by atoms with Crippen molar-refractivity contribution < 1.29 is 9.66 Å². The van der Waals surface area contributed by atoms with Crippen molar-refractivity contribution in [1.82, 2.24) is 4.98 Å². The predicted molar refractivity (Wildman–Crippen MR) is 128 cm³/mol. The number of aromatic nitrogens is 1. The van der Waals surface area contributed by atoms with Gasteiger partial charge in [-0.05, 0) is 47.5 Å². The van der Waals surface area contributed by atoms with Crippen molar-refractivity contribution in [2.45, 2.75) is 6.42 Å². The van der Waals surface area contributed by atoms with E-state index in [1.807, 2.05) is 47.8 Å². The second-order valence-electron chi connectivity index (χ2n) is 6.86. The molecule has 7 nitrogen and oxygen atoms in total. The second kappa shape index (κ2) is 10.3. The lowest BCUT2D eigenvalue weighted by molar-refractivity contribution is -0.384. The Morgan fingerprint density at radius 1 is 1.03 bits per heavy atom. The van der Waals surface area contributed by atoms with Gasteiger partial charge in [0.05, 0.1) is 23.4 Å². The number of hydrogen-bond acceptors (Lipinski definition) is 7. The number of benzene rings is 3. The molecule has 1 heterocycles. The molecule has 0 aliphatic heterocycles. The number of nitrogens with one attached hydrogen (secondary N) is 1. The smallest absolute Gasteiger partial charge is 0.269 e. The van der Waals surface area contributed by atoms with E-state index in [9.17, 15) is 10.1 Å². The van der Waals surface area contributed by atoms with Gasteiger partial charge in [0, 0.05) is 29.5 Å². The van der Waals surface area contributed by atoms with Crippen LogP contribution in [0.1, 0.15) is 11.1 Å². The van der Waals surface area contributed by atoms with Crippen LogP contribution < -0.4 is 10.2 Å². The highest BCUT2D eigenvalue weighted by molar-refractivity contribution is 7.14. The Labute approximate surface area is 189 Å². The summed E-state index contributed by atoms with van der Waals surface area (Å²) in [6.45, 7) is 0.625. The summed E-state index contributed by atoms with van der Waals surface area (Å²) in [4.78, 5) is 14.8. The van der Waals surface area contributed by atoms with E-state index in [1.54, 1.807) is 18.3 Å². The molecule has 0 aliphatic rings. The number of ether oxygens (including phenoxy) is 1. The van der Waals surface area contributed by atoms with Crippen molar-refractivity contribution in [2.75, 3.05) is 12.0 Å². The number of nitro benzene ring substituents is 1. The number of rotatable bonds is 9. The molecule has 0 saturated carbocycles. The van der Waals surface area contributed by atoms with Gasteiger partial charge in [0.1, 0.15) is 5.75 Å². The molecular formula is C24H20N4O3S. The van der Waals surface area contributed by atoms with Gasteiger partial charge in [0.25, 0.3) is 5.69 Å². The van der Waals surface area contributed by atoms with E-state index in [2.05, 4.69) is 27.6 Å². The summed E-state index contributed by atoms with van der Waals surface area (Å²) in [6, 6.07) is 24.3. The third kappa shape index (κ3) is 5.77. The third-order valence-electron chi connectivity index (χ3n) is 4.63. The molecule has 32 heavy (non-hydrogen) atoms. The maximum atomic E-state index is 10.8. The average Bonchev–Trinajstić information content (AvgIpc) is 3.30. The molecule has 0 fully saturated rings. The Morgan fingerprint density at radius 3 is 2.50 bits per heavy atom. The number of non-ortho nitro benzene ring substituents is 1. The number of nitro groups is 1. The van der Waals surface area contributed by atoms with E-state index in [0.29, 0.717) is 11.7 Å². The largest absolute Gasteiger partial charge is 0.493 e. The number of anilines is 1. The third-order valence-corrected chi connectivity index (χ3v) is 5.38. The molecule has 0 spiro atoms. The Hall–Kier alpha value is -4.04. The van der Waals surface area contributed by atoms with E-state index in [4.69, 9.17) is 4.74 Å². The fourth-order valence-corrected chi connectivity index (χ4v) is 3.62. The van der Waals surface area contributed by atoms with Crippen LogP contribution in [0.5, 0.6) is 5.75 Å². The zero-order valence-corrected chi connectivity index (χ0v) is 17.9. The molecule has 0 bridgehead atoms. The van der Waals surface area contributed by atoms with Gasteiger partial charge in [-0.2, -0.15) is 5.10 Å². The van der Waals surface area contributed by atoms with Gasteiger partial charge in [-0.25, -0.2) is 4.98 Å². The van der Waals surface area contributed by atoms with Crippen molar-refractivity contribution in [2.24, 2.45) is 5.10 Å². The van der Waals surface area contributed by atoms with Gasteiger partial charge in [-0.1, -0.05) is 30.3 Å². The number of hydrazone groups is 1. The molecule has 0 radical (unpaired) electrons. The second-order valence-corrected chi connectivity index (χ2v) is 7.72. The molecule has 160 valence electrons.